The first-order valence-electron chi connectivity index (χ1n) is 8.77. The number of thioether (sulfide) groups is 1. The van der Waals surface area contributed by atoms with Crippen LogP contribution in [-0.4, -0.2) is 21.6 Å². The van der Waals surface area contributed by atoms with Gasteiger partial charge >= 0.3 is 6.18 Å². The molecule has 2 atom stereocenters. The van der Waals surface area contributed by atoms with E-state index in [0.29, 0.717) is 5.56 Å². The first-order chi connectivity index (χ1) is 13.2. The number of carbonyl (C=O) groups is 1. The Morgan fingerprint density at radius 3 is 2.64 bits per heavy atom. The molecule has 1 amide bonds. The van der Waals surface area contributed by atoms with Gasteiger partial charge in [-0.2, -0.15) is 13.2 Å². The first kappa shape index (κ1) is 20.3. The molecule has 0 aliphatic rings. The van der Waals surface area contributed by atoms with Crippen LogP contribution in [0.3, 0.4) is 0 Å². The van der Waals surface area contributed by atoms with Crippen molar-refractivity contribution in [2.24, 2.45) is 0 Å². The van der Waals surface area contributed by atoms with Gasteiger partial charge in [-0.1, -0.05) is 24.3 Å². The standard InChI is InChI=1S/C20H20F3N3OS/c1-12(14-6-5-7-15(10-14)20(21,22)23)24-18(27)11-28-13(2)19-25-16-8-3-4-9-17(16)26-19/h3-10,12-13H,11H2,1-2H3,(H,24,27)(H,25,26). The van der Waals surface area contributed by atoms with Gasteiger partial charge in [0.25, 0.3) is 0 Å². The lowest BCUT2D eigenvalue weighted by atomic mass is 10.0. The number of hydrogen-bond acceptors (Lipinski definition) is 3. The molecule has 0 fully saturated rings. The second-order valence-corrected chi connectivity index (χ2v) is 7.83. The highest BCUT2D eigenvalue weighted by Gasteiger charge is 2.30. The summed E-state index contributed by atoms with van der Waals surface area (Å²) in [6.07, 6.45) is -4.41. The van der Waals surface area contributed by atoms with Crippen molar-refractivity contribution in [1.82, 2.24) is 15.3 Å². The number of rotatable bonds is 6. The lowest BCUT2D eigenvalue weighted by Crippen LogP contribution is -2.28. The van der Waals surface area contributed by atoms with Gasteiger partial charge < -0.3 is 10.3 Å². The van der Waals surface area contributed by atoms with E-state index in [-0.39, 0.29) is 16.9 Å². The number of benzene rings is 2. The van der Waals surface area contributed by atoms with Crippen molar-refractivity contribution in [3.05, 3.63) is 65.5 Å². The van der Waals surface area contributed by atoms with Crippen LogP contribution < -0.4 is 5.32 Å². The van der Waals surface area contributed by atoms with Gasteiger partial charge in [0.15, 0.2) is 0 Å². The van der Waals surface area contributed by atoms with Gasteiger partial charge in [-0.05, 0) is 43.7 Å². The molecule has 0 spiro atoms. The summed E-state index contributed by atoms with van der Waals surface area (Å²) >= 11 is 1.41. The molecule has 0 saturated carbocycles. The Morgan fingerprint density at radius 1 is 1.18 bits per heavy atom. The van der Waals surface area contributed by atoms with E-state index in [9.17, 15) is 18.0 Å². The van der Waals surface area contributed by atoms with E-state index in [2.05, 4.69) is 15.3 Å². The molecule has 2 unspecified atom stereocenters. The number of carbonyl (C=O) groups excluding carboxylic acids is 1. The first-order valence-corrected chi connectivity index (χ1v) is 9.81. The number of amides is 1. The zero-order chi connectivity index (χ0) is 20.3. The average molecular weight is 407 g/mol. The minimum absolute atomic E-state index is 0.0259. The molecule has 0 saturated heterocycles. The highest BCUT2D eigenvalue weighted by Crippen LogP contribution is 2.31. The fraction of sp³-hybridized carbons (Fsp3) is 0.300. The third kappa shape index (κ3) is 4.86. The Labute approximate surface area is 164 Å². The van der Waals surface area contributed by atoms with Crippen molar-refractivity contribution in [2.75, 3.05) is 5.75 Å². The van der Waals surface area contributed by atoms with E-state index in [4.69, 9.17) is 0 Å². The Morgan fingerprint density at radius 2 is 1.93 bits per heavy atom. The number of para-hydroxylation sites is 2. The lowest BCUT2D eigenvalue weighted by molar-refractivity contribution is -0.137. The smallest absolute Gasteiger partial charge is 0.349 e. The van der Waals surface area contributed by atoms with Crippen LogP contribution >= 0.6 is 11.8 Å². The molecule has 8 heteroatoms. The molecule has 0 bridgehead atoms. The number of aromatic nitrogens is 2. The summed E-state index contributed by atoms with van der Waals surface area (Å²) in [6, 6.07) is 12.2. The van der Waals surface area contributed by atoms with Crippen LogP contribution in [0.1, 0.15) is 42.1 Å². The molecule has 1 aromatic heterocycles. The number of fused-ring (bicyclic) bond motifs is 1. The number of aromatic amines is 1. The highest BCUT2D eigenvalue weighted by atomic mass is 32.2. The summed E-state index contributed by atoms with van der Waals surface area (Å²) in [5.41, 5.74) is 1.50. The van der Waals surface area contributed by atoms with Crippen molar-refractivity contribution >= 4 is 28.7 Å². The molecule has 0 aliphatic heterocycles. The number of H-pyrrole nitrogens is 1. The average Bonchev–Trinajstić information content (AvgIpc) is 3.10. The van der Waals surface area contributed by atoms with Gasteiger partial charge in [-0.15, -0.1) is 11.8 Å². The Bertz CT molecular complexity index is 937. The second-order valence-electron chi connectivity index (χ2n) is 6.50. The minimum atomic E-state index is -4.41. The SMILES string of the molecule is CC(NC(=O)CSC(C)c1nc2ccccc2[nH]1)c1cccc(C(F)(F)F)c1. The predicted molar refractivity (Wildman–Crippen MR) is 105 cm³/mol. The van der Waals surface area contributed by atoms with Gasteiger partial charge in [0.2, 0.25) is 5.91 Å². The van der Waals surface area contributed by atoms with E-state index in [1.165, 1.54) is 17.8 Å². The zero-order valence-corrected chi connectivity index (χ0v) is 16.2. The Kier molecular flexibility index (Phi) is 5.98. The number of halogens is 3. The molecule has 0 radical (unpaired) electrons. The molecular formula is C20H20F3N3OS. The van der Waals surface area contributed by atoms with Crippen LogP contribution in [0.25, 0.3) is 11.0 Å². The fourth-order valence-electron chi connectivity index (χ4n) is 2.80. The van der Waals surface area contributed by atoms with Crippen LogP contribution in [0.2, 0.25) is 0 Å². The molecule has 28 heavy (non-hydrogen) atoms. The van der Waals surface area contributed by atoms with Crippen molar-refractivity contribution in [1.29, 1.82) is 0 Å². The number of nitrogens with zero attached hydrogens (tertiary/aromatic N) is 1. The van der Waals surface area contributed by atoms with Crippen molar-refractivity contribution in [3.63, 3.8) is 0 Å². The van der Waals surface area contributed by atoms with E-state index >= 15 is 0 Å². The molecule has 2 aromatic carbocycles. The topological polar surface area (TPSA) is 57.8 Å². The summed E-state index contributed by atoms with van der Waals surface area (Å²) in [7, 11) is 0. The maximum atomic E-state index is 12.8. The monoisotopic (exact) mass is 407 g/mol. The van der Waals surface area contributed by atoms with Gasteiger partial charge in [0, 0.05) is 0 Å². The number of alkyl halides is 3. The van der Waals surface area contributed by atoms with E-state index in [1.807, 2.05) is 31.2 Å². The minimum Gasteiger partial charge on any atom is -0.349 e. The lowest BCUT2D eigenvalue weighted by Gasteiger charge is -2.17. The predicted octanol–water partition coefficient (Wildman–Crippen LogP) is 5.25. The third-order valence-electron chi connectivity index (χ3n) is 4.35. The number of nitrogens with one attached hydrogen (secondary N) is 2. The highest BCUT2D eigenvalue weighted by molar-refractivity contribution is 8.00. The van der Waals surface area contributed by atoms with Crippen molar-refractivity contribution in [2.45, 2.75) is 31.3 Å². The van der Waals surface area contributed by atoms with Crippen LogP contribution in [0.5, 0.6) is 0 Å². The maximum absolute atomic E-state index is 12.8. The van der Waals surface area contributed by atoms with E-state index < -0.39 is 17.8 Å². The molecule has 148 valence electrons. The van der Waals surface area contributed by atoms with Crippen LogP contribution in [0.4, 0.5) is 13.2 Å². The van der Waals surface area contributed by atoms with E-state index in [0.717, 1.165) is 29.0 Å². The normalized spacial score (nSPS) is 14.0. The Hall–Kier alpha value is -2.48. The molecule has 0 aliphatic carbocycles. The van der Waals surface area contributed by atoms with Crippen molar-refractivity contribution in [3.8, 4) is 0 Å². The quantitative estimate of drug-likeness (QED) is 0.587. The molecular weight excluding hydrogens is 387 g/mol. The number of hydrogen-bond donors (Lipinski definition) is 2. The summed E-state index contributed by atoms with van der Waals surface area (Å²) in [5.74, 6) is 0.726. The second kappa shape index (κ2) is 8.26. The van der Waals surface area contributed by atoms with Crippen LogP contribution in [0, 0.1) is 0 Å². The third-order valence-corrected chi connectivity index (χ3v) is 5.50. The number of imidazole rings is 1. The fourth-order valence-corrected chi connectivity index (χ4v) is 3.55. The Balaban J connectivity index is 1.56. The summed E-state index contributed by atoms with van der Waals surface area (Å²) in [4.78, 5) is 20.0. The summed E-state index contributed by atoms with van der Waals surface area (Å²) < 4.78 is 38.5. The molecule has 2 N–H and O–H groups in total. The largest absolute Gasteiger partial charge is 0.416 e. The van der Waals surface area contributed by atoms with Crippen molar-refractivity contribution < 1.29 is 18.0 Å². The molecule has 4 nitrogen and oxygen atoms in total. The molecule has 3 aromatic rings. The van der Waals surface area contributed by atoms with E-state index in [1.54, 1.807) is 13.0 Å². The molecule has 1 heterocycles. The maximum Gasteiger partial charge on any atom is 0.416 e. The zero-order valence-electron chi connectivity index (χ0n) is 15.4. The summed E-state index contributed by atoms with van der Waals surface area (Å²) in [5, 5.41) is 2.72. The van der Waals surface area contributed by atoms with Crippen LogP contribution in [0.15, 0.2) is 48.5 Å². The van der Waals surface area contributed by atoms with Gasteiger partial charge in [0.1, 0.15) is 5.82 Å². The van der Waals surface area contributed by atoms with Crippen LogP contribution in [-0.2, 0) is 11.0 Å². The van der Waals surface area contributed by atoms with Gasteiger partial charge in [-0.3, -0.25) is 4.79 Å². The summed E-state index contributed by atoms with van der Waals surface area (Å²) in [6.45, 7) is 3.62. The molecule has 3 rings (SSSR count). The van der Waals surface area contributed by atoms with Gasteiger partial charge in [0.05, 0.1) is 33.6 Å². The van der Waals surface area contributed by atoms with Gasteiger partial charge in [-0.25, -0.2) is 4.98 Å².